The Balaban J connectivity index is 3.17. The number of nitrogens with zero attached hydrogens (tertiary/aromatic N) is 1. The van der Waals surface area contributed by atoms with Crippen LogP contribution in [0.2, 0.25) is 0 Å². The van der Waals surface area contributed by atoms with E-state index in [1.54, 1.807) is 31.2 Å². The first-order chi connectivity index (χ1) is 6.06. The Morgan fingerprint density at radius 3 is 2.23 bits per heavy atom. The molecule has 0 unspecified atom stereocenters. The van der Waals surface area contributed by atoms with Gasteiger partial charge >= 0.3 is 0 Å². The van der Waals surface area contributed by atoms with Crippen molar-refractivity contribution < 1.29 is 8.42 Å². The summed E-state index contributed by atoms with van der Waals surface area (Å²) < 4.78 is 26.1. The van der Waals surface area contributed by atoms with Gasteiger partial charge < -0.3 is 0 Å². The molecule has 0 aliphatic rings. The second-order valence-corrected chi connectivity index (χ2v) is 4.28. The molecule has 0 atom stereocenters. The van der Waals surface area contributed by atoms with E-state index < -0.39 is 10.0 Å². The summed E-state index contributed by atoms with van der Waals surface area (Å²) in [4.78, 5) is 0.233. The van der Waals surface area contributed by atoms with Crippen LogP contribution in [0.1, 0.15) is 12.5 Å². The van der Waals surface area contributed by atoms with Gasteiger partial charge in [-0.1, -0.05) is 17.7 Å². The van der Waals surface area contributed by atoms with Crippen molar-refractivity contribution in [1.82, 2.24) is 0 Å². The molecule has 1 aromatic rings. The fourth-order valence-electron chi connectivity index (χ4n) is 0.910. The van der Waals surface area contributed by atoms with Gasteiger partial charge in [0, 0.05) is 6.21 Å². The molecule has 0 amide bonds. The van der Waals surface area contributed by atoms with Crippen LogP contribution in [0.5, 0.6) is 0 Å². The quantitative estimate of drug-likeness (QED) is 0.678. The molecular formula is C9H11NO2S. The molecule has 70 valence electrons. The van der Waals surface area contributed by atoms with E-state index in [1.807, 2.05) is 6.92 Å². The molecule has 0 saturated heterocycles. The third kappa shape index (κ3) is 2.39. The fourth-order valence-corrected chi connectivity index (χ4v) is 1.79. The molecule has 0 aliphatic carbocycles. The van der Waals surface area contributed by atoms with Crippen molar-refractivity contribution in [3.8, 4) is 0 Å². The Bertz CT molecular complexity index is 404. The van der Waals surface area contributed by atoms with Gasteiger partial charge in [-0.2, -0.15) is 12.8 Å². The van der Waals surface area contributed by atoms with Gasteiger partial charge in [-0.15, -0.1) is 0 Å². The molecule has 3 nitrogen and oxygen atoms in total. The summed E-state index contributed by atoms with van der Waals surface area (Å²) in [5.41, 5.74) is 1.03. The van der Waals surface area contributed by atoms with Crippen molar-refractivity contribution in [3.63, 3.8) is 0 Å². The first kappa shape index (κ1) is 9.92. The lowest BCUT2D eigenvalue weighted by atomic mass is 10.2. The number of benzene rings is 1. The standard InChI is InChI=1S/C9H11NO2S/c1-3-10-13(11,12)9-6-4-8(2)5-7-9/h3-7H,1-2H3/b10-3-. The summed E-state index contributed by atoms with van der Waals surface area (Å²) in [6, 6.07) is 6.60. The van der Waals surface area contributed by atoms with Gasteiger partial charge in [0.25, 0.3) is 10.0 Å². The molecule has 0 radical (unpaired) electrons. The molecule has 13 heavy (non-hydrogen) atoms. The van der Waals surface area contributed by atoms with Crippen LogP contribution in [-0.2, 0) is 10.0 Å². The molecule has 1 rings (SSSR count). The lowest BCUT2D eigenvalue weighted by molar-refractivity contribution is 0.598. The van der Waals surface area contributed by atoms with Crippen molar-refractivity contribution in [2.75, 3.05) is 0 Å². The number of hydrogen-bond acceptors (Lipinski definition) is 2. The third-order valence-electron chi connectivity index (χ3n) is 1.56. The average molecular weight is 197 g/mol. The lowest BCUT2D eigenvalue weighted by Gasteiger charge is -1.97. The smallest absolute Gasteiger partial charge is 0.199 e. The first-order valence-electron chi connectivity index (χ1n) is 3.88. The molecular weight excluding hydrogens is 186 g/mol. The molecule has 0 N–H and O–H groups in total. The first-order valence-corrected chi connectivity index (χ1v) is 5.32. The normalized spacial score (nSPS) is 12.2. The van der Waals surface area contributed by atoms with Gasteiger partial charge in [0.1, 0.15) is 0 Å². The minimum atomic E-state index is -3.46. The molecule has 0 fully saturated rings. The van der Waals surface area contributed by atoms with Crippen LogP contribution in [0.25, 0.3) is 0 Å². The van der Waals surface area contributed by atoms with Gasteiger partial charge in [0.05, 0.1) is 4.90 Å². The van der Waals surface area contributed by atoms with E-state index in [0.717, 1.165) is 5.56 Å². The van der Waals surface area contributed by atoms with Crippen LogP contribution < -0.4 is 0 Å². The van der Waals surface area contributed by atoms with E-state index in [4.69, 9.17) is 0 Å². The van der Waals surface area contributed by atoms with Crippen LogP contribution >= 0.6 is 0 Å². The molecule has 0 bridgehead atoms. The Hall–Kier alpha value is -1.16. The van der Waals surface area contributed by atoms with Crippen molar-refractivity contribution in [2.24, 2.45) is 4.40 Å². The van der Waals surface area contributed by atoms with Gasteiger partial charge in [-0.3, -0.25) is 0 Å². The van der Waals surface area contributed by atoms with E-state index in [0.29, 0.717) is 0 Å². The summed E-state index contributed by atoms with van der Waals surface area (Å²) in [5.74, 6) is 0. The SMILES string of the molecule is C/C=N\S(=O)(=O)c1ccc(C)cc1. The van der Waals surface area contributed by atoms with Gasteiger partial charge in [0.15, 0.2) is 0 Å². The summed E-state index contributed by atoms with van der Waals surface area (Å²) >= 11 is 0. The molecule has 0 saturated carbocycles. The lowest BCUT2D eigenvalue weighted by Crippen LogP contribution is -1.96. The summed E-state index contributed by atoms with van der Waals surface area (Å²) in [7, 11) is -3.46. The minimum Gasteiger partial charge on any atom is -0.199 e. The van der Waals surface area contributed by atoms with Crippen molar-refractivity contribution in [1.29, 1.82) is 0 Å². The van der Waals surface area contributed by atoms with E-state index in [2.05, 4.69) is 4.40 Å². The average Bonchev–Trinajstić information content (AvgIpc) is 2.05. The van der Waals surface area contributed by atoms with E-state index in [-0.39, 0.29) is 4.90 Å². The topological polar surface area (TPSA) is 46.5 Å². The molecule has 0 aliphatic heterocycles. The monoisotopic (exact) mass is 197 g/mol. The maximum Gasteiger partial charge on any atom is 0.281 e. The highest BCUT2D eigenvalue weighted by atomic mass is 32.2. The fraction of sp³-hybridized carbons (Fsp3) is 0.222. The van der Waals surface area contributed by atoms with Gasteiger partial charge in [-0.25, -0.2) is 0 Å². The Morgan fingerprint density at radius 1 is 1.23 bits per heavy atom. The number of aryl methyl sites for hydroxylation is 1. The predicted octanol–water partition coefficient (Wildman–Crippen LogP) is 1.77. The van der Waals surface area contributed by atoms with Gasteiger partial charge in [0.2, 0.25) is 0 Å². The summed E-state index contributed by atoms with van der Waals surface area (Å²) in [5, 5.41) is 0. The molecule has 0 spiro atoms. The number of sulfonamides is 1. The number of hydrogen-bond donors (Lipinski definition) is 0. The highest BCUT2D eigenvalue weighted by Gasteiger charge is 2.09. The number of rotatable bonds is 2. The maximum atomic E-state index is 11.3. The second kappa shape index (κ2) is 3.70. The zero-order valence-corrected chi connectivity index (χ0v) is 8.38. The van der Waals surface area contributed by atoms with Crippen LogP contribution in [0.15, 0.2) is 33.6 Å². The molecule has 0 heterocycles. The second-order valence-electron chi connectivity index (χ2n) is 2.65. The Morgan fingerprint density at radius 2 is 1.77 bits per heavy atom. The molecule has 1 aromatic carbocycles. The van der Waals surface area contributed by atoms with E-state index in [9.17, 15) is 8.42 Å². The summed E-state index contributed by atoms with van der Waals surface area (Å²) in [6.45, 7) is 3.48. The highest BCUT2D eigenvalue weighted by Crippen LogP contribution is 2.12. The van der Waals surface area contributed by atoms with E-state index in [1.165, 1.54) is 6.21 Å². The van der Waals surface area contributed by atoms with Crippen molar-refractivity contribution in [3.05, 3.63) is 29.8 Å². The predicted molar refractivity (Wildman–Crippen MR) is 52.5 cm³/mol. The van der Waals surface area contributed by atoms with Crippen molar-refractivity contribution in [2.45, 2.75) is 18.7 Å². The molecule has 0 aromatic heterocycles. The Labute approximate surface area is 78.2 Å². The highest BCUT2D eigenvalue weighted by molar-refractivity contribution is 7.90. The third-order valence-corrected chi connectivity index (χ3v) is 2.92. The van der Waals surface area contributed by atoms with E-state index >= 15 is 0 Å². The van der Waals surface area contributed by atoms with Crippen LogP contribution in [0.4, 0.5) is 0 Å². The maximum absolute atomic E-state index is 11.3. The van der Waals surface area contributed by atoms with Crippen molar-refractivity contribution >= 4 is 16.2 Å². The van der Waals surface area contributed by atoms with Gasteiger partial charge in [-0.05, 0) is 26.0 Å². The Kier molecular flexibility index (Phi) is 2.83. The van der Waals surface area contributed by atoms with Crippen LogP contribution in [0, 0.1) is 6.92 Å². The molecule has 4 heteroatoms. The minimum absolute atomic E-state index is 0.233. The largest absolute Gasteiger partial charge is 0.281 e. The van der Waals surface area contributed by atoms with Crippen LogP contribution in [-0.4, -0.2) is 14.6 Å². The zero-order valence-electron chi connectivity index (χ0n) is 7.56. The van der Waals surface area contributed by atoms with Crippen LogP contribution in [0.3, 0.4) is 0 Å². The summed E-state index contributed by atoms with van der Waals surface area (Å²) in [6.07, 6.45) is 1.27. The zero-order chi connectivity index (χ0) is 9.90.